The van der Waals surface area contributed by atoms with E-state index >= 15 is 0 Å². The number of H-pyrrole nitrogens is 1. The van der Waals surface area contributed by atoms with Crippen LogP contribution < -0.4 is 5.73 Å². The molecule has 3 N–H and O–H groups in total. The van der Waals surface area contributed by atoms with Crippen LogP contribution in [0, 0.1) is 0 Å². The maximum Gasteiger partial charge on any atom is 0.245 e. The highest BCUT2D eigenvalue weighted by molar-refractivity contribution is 7.89. The molecule has 0 radical (unpaired) electrons. The highest BCUT2D eigenvalue weighted by atomic mass is 32.2. The van der Waals surface area contributed by atoms with Gasteiger partial charge in [-0.15, -0.1) is 0 Å². The van der Waals surface area contributed by atoms with E-state index in [1.54, 1.807) is 30.6 Å². The van der Waals surface area contributed by atoms with Crippen molar-refractivity contribution in [3.05, 3.63) is 42.2 Å². The fourth-order valence-corrected chi connectivity index (χ4v) is 2.86. The average Bonchev–Trinajstić information content (AvgIpc) is 2.82. The zero-order valence-corrected chi connectivity index (χ0v) is 10.7. The van der Waals surface area contributed by atoms with Gasteiger partial charge < -0.3 is 5.73 Å². The van der Waals surface area contributed by atoms with E-state index in [0.717, 1.165) is 5.56 Å². The van der Waals surface area contributed by atoms with Crippen LogP contribution in [-0.4, -0.2) is 30.0 Å². The van der Waals surface area contributed by atoms with Crippen LogP contribution in [0.15, 0.2) is 41.6 Å². The minimum absolute atomic E-state index is 0.121. The van der Waals surface area contributed by atoms with Gasteiger partial charge in [-0.2, -0.15) is 9.40 Å². The molecule has 2 rings (SSSR count). The van der Waals surface area contributed by atoms with E-state index < -0.39 is 10.0 Å². The van der Waals surface area contributed by atoms with Gasteiger partial charge in [0, 0.05) is 25.4 Å². The molecule has 6 nitrogen and oxygen atoms in total. The maximum atomic E-state index is 12.3. The van der Waals surface area contributed by atoms with Crippen LogP contribution in [0.5, 0.6) is 0 Å². The summed E-state index contributed by atoms with van der Waals surface area (Å²) < 4.78 is 25.8. The Morgan fingerprint density at radius 2 is 2.11 bits per heavy atom. The van der Waals surface area contributed by atoms with Gasteiger partial charge in [0.15, 0.2) is 0 Å². The van der Waals surface area contributed by atoms with E-state index in [2.05, 4.69) is 10.2 Å². The number of anilines is 1. The van der Waals surface area contributed by atoms with Crippen LogP contribution in [-0.2, 0) is 16.6 Å². The second kappa shape index (κ2) is 4.79. The molecule has 1 aromatic heterocycles. The van der Waals surface area contributed by atoms with Crippen molar-refractivity contribution in [2.24, 2.45) is 0 Å². The monoisotopic (exact) mass is 266 g/mol. The highest BCUT2D eigenvalue weighted by Gasteiger charge is 2.23. The third kappa shape index (κ3) is 2.36. The van der Waals surface area contributed by atoms with Gasteiger partial charge in [-0.1, -0.05) is 12.1 Å². The van der Waals surface area contributed by atoms with Crippen molar-refractivity contribution in [2.75, 3.05) is 12.8 Å². The lowest BCUT2D eigenvalue weighted by molar-refractivity contribution is 0.467. The molecule has 0 bridgehead atoms. The number of benzene rings is 1. The number of hydrogen-bond acceptors (Lipinski definition) is 4. The molecule has 0 amide bonds. The molecular formula is C11H14N4O2S. The normalized spacial score (nSPS) is 11.9. The summed E-state index contributed by atoms with van der Waals surface area (Å²) in [5, 5.41) is 6.42. The predicted octanol–water partition coefficient (Wildman–Crippen LogP) is 0.813. The van der Waals surface area contributed by atoms with E-state index in [1.807, 2.05) is 0 Å². The Labute approximate surface area is 105 Å². The van der Waals surface area contributed by atoms with Crippen molar-refractivity contribution in [3.8, 4) is 0 Å². The first-order chi connectivity index (χ1) is 8.51. The number of hydrogen-bond donors (Lipinski definition) is 2. The Bertz CT molecular complexity index is 622. The SMILES string of the molecule is CN(Cc1cn[nH]c1)S(=O)(=O)c1ccccc1N. The van der Waals surface area contributed by atoms with Crippen LogP contribution in [0.2, 0.25) is 0 Å². The Balaban J connectivity index is 2.29. The summed E-state index contributed by atoms with van der Waals surface area (Å²) in [7, 11) is -2.07. The van der Waals surface area contributed by atoms with Gasteiger partial charge >= 0.3 is 0 Å². The van der Waals surface area contributed by atoms with Crippen LogP contribution in [0.4, 0.5) is 5.69 Å². The zero-order chi connectivity index (χ0) is 13.2. The summed E-state index contributed by atoms with van der Waals surface area (Å²) in [5.74, 6) is 0. The number of aromatic nitrogens is 2. The van der Waals surface area contributed by atoms with Crippen molar-refractivity contribution in [2.45, 2.75) is 11.4 Å². The molecule has 0 saturated heterocycles. The number of para-hydroxylation sites is 1. The first-order valence-corrected chi connectivity index (χ1v) is 6.74. The summed E-state index contributed by atoms with van der Waals surface area (Å²) in [4.78, 5) is 0.121. The van der Waals surface area contributed by atoms with Crippen LogP contribution >= 0.6 is 0 Å². The molecule has 2 aromatic rings. The van der Waals surface area contributed by atoms with Crippen molar-refractivity contribution in [3.63, 3.8) is 0 Å². The minimum Gasteiger partial charge on any atom is -0.398 e. The van der Waals surface area contributed by atoms with Gasteiger partial charge in [0.25, 0.3) is 0 Å². The second-order valence-corrected chi connectivity index (χ2v) is 5.92. The van der Waals surface area contributed by atoms with Crippen molar-refractivity contribution in [1.29, 1.82) is 0 Å². The van der Waals surface area contributed by atoms with Gasteiger partial charge in [-0.3, -0.25) is 5.10 Å². The first kappa shape index (κ1) is 12.6. The molecule has 1 heterocycles. The molecule has 0 aliphatic heterocycles. The Morgan fingerprint density at radius 1 is 1.39 bits per heavy atom. The summed E-state index contributed by atoms with van der Waals surface area (Å²) in [6, 6.07) is 6.41. The molecule has 96 valence electrons. The van der Waals surface area contributed by atoms with Gasteiger partial charge in [0.1, 0.15) is 4.90 Å². The minimum atomic E-state index is -3.58. The fraction of sp³-hybridized carbons (Fsp3) is 0.182. The lowest BCUT2D eigenvalue weighted by Crippen LogP contribution is -2.27. The van der Waals surface area contributed by atoms with Gasteiger partial charge in [0.2, 0.25) is 10.0 Å². The first-order valence-electron chi connectivity index (χ1n) is 5.30. The standard InChI is InChI=1S/C11H14N4O2S/c1-15(8-9-6-13-14-7-9)18(16,17)11-5-3-2-4-10(11)12/h2-7H,8,12H2,1H3,(H,13,14). The van der Waals surface area contributed by atoms with Crippen molar-refractivity contribution >= 4 is 15.7 Å². The van der Waals surface area contributed by atoms with Gasteiger partial charge in [0.05, 0.1) is 11.9 Å². The molecule has 18 heavy (non-hydrogen) atoms. The molecule has 0 aliphatic carbocycles. The van der Waals surface area contributed by atoms with Gasteiger partial charge in [-0.05, 0) is 12.1 Å². The lowest BCUT2D eigenvalue weighted by atomic mass is 10.3. The van der Waals surface area contributed by atoms with Crippen molar-refractivity contribution < 1.29 is 8.42 Å². The molecule has 0 unspecified atom stereocenters. The summed E-state index contributed by atoms with van der Waals surface area (Å²) in [6.07, 6.45) is 3.24. The Hall–Kier alpha value is -1.86. The van der Waals surface area contributed by atoms with Crippen LogP contribution in [0.3, 0.4) is 0 Å². The number of nitrogen functional groups attached to an aromatic ring is 1. The molecule has 1 aromatic carbocycles. The Kier molecular flexibility index (Phi) is 3.35. The molecule has 0 spiro atoms. The zero-order valence-electron chi connectivity index (χ0n) is 9.87. The summed E-state index contributed by atoms with van der Waals surface area (Å²) >= 11 is 0. The number of aromatic amines is 1. The summed E-state index contributed by atoms with van der Waals surface area (Å²) in [6.45, 7) is 0.243. The third-order valence-electron chi connectivity index (χ3n) is 2.57. The molecule has 7 heteroatoms. The summed E-state index contributed by atoms with van der Waals surface area (Å²) in [5.41, 5.74) is 6.73. The quantitative estimate of drug-likeness (QED) is 0.801. The predicted molar refractivity (Wildman–Crippen MR) is 68.1 cm³/mol. The topological polar surface area (TPSA) is 92.1 Å². The molecule has 0 atom stereocenters. The molecule has 0 saturated carbocycles. The smallest absolute Gasteiger partial charge is 0.245 e. The highest BCUT2D eigenvalue weighted by Crippen LogP contribution is 2.21. The third-order valence-corrected chi connectivity index (χ3v) is 4.44. The van der Waals surface area contributed by atoms with Crippen LogP contribution in [0.25, 0.3) is 0 Å². The van der Waals surface area contributed by atoms with E-state index in [9.17, 15) is 8.42 Å². The maximum absolute atomic E-state index is 12.3. The lowest BCUT2D eigenvalue weighted by Gasteiger charge is -2.17. The number of sulfonamides is 1. The average molecular weight is 266 g/mol. The van der Waals surface area contributed by atoms with E-state index in [1.165, 1.54) is 17.4 Å². The second-order valence-electron chi connectivity index (χ2n) is 3.91. The number of nitrogens with one attached hydrogen (secondary N) is 1. The molecule has 0 fully saturated rings. The number of nitrogens with two attached hydrogens (primary N) is 1. The van der Waals surface area contributed by atoms with Gasteiger partial charge in [-0.25, -0.2) is 8.42 Å². The number of rotatable bonds is 4. The van der Waals surface area contributed by atoms with Crippen molar-refractivity contribution in [1.82, 2.24) is 14.5 Å². The molecule has 0 aliphatic rings. The number of nitrogens with zero attached hydrogens (tertiary/aromatic N) is 2. The van der Waals surface area contributed by atoms with Crippen LogP contribution in [0.1, 0.15) is 5.56 Å². The largest absolute Gasteiger partial charge is 0.398 e. The Morgan fingerprint density at radius 3 is 2.72 bits per heavy atom. The fourth-order valence-electron chi connectivity index (χ4n) is 1.59. The van der Waals surface area contributed by atoms with E-state index in [-0.39, 0.29) is 17.1 Å². The van der Waals surface area contributed by atoms with E-state index in [4.69, 9.17) is 5.73 Å². The molecular weight excluding hydrogens is 252 g/mol. The van der Waals surface area contributed by atoms with E-state index in [0.29, 0.717) is 0 Å².